The van der Waals surface area contributed by atoms with Gasteiger partial charge in [-0.3, -0.25) is 0 Å². The minimum absolute atomic E-state index is 0. The van der Waals surface area contributed by atoms with Crippen molar-refractivity contribution < 1.29 is 175 Å². The molecule has 0 amide bonds. The standard InChI is InChI=1S/4CHNS.3K.Pd/c4*2-1-3;;;;/h4*3H;;;;/q;;;;3*+1;/p-4. The van der Waals surface area contributed by atoms with Gasteiger partial charge in [-0.15, -0.1) is 0 Å². The molecule has 0 N–H and O–H groups in total. The maximum Gasteiger partial charge on any atom is 1.00 e. The first-order valence-electron chi connectivity index (χ1n) is 1.71. The van der Waals surface area contributed by atoms with Gasteiger partial charge in [0.2, 0.25) is 0 Å². The molecule has 0 saturated heterocycles. The molecule has 0 rings (SSSR count). The normalized spacial score (nSPS) is 1.75. The maximum atomic E-state index is 7.13. The van der Waals surface area contributed by atoms with Crippen LogP contribution in [0.2, 0.25) is 0 Å². The summed E-state index contributed by atoms with van der Waals surface area (Å²) in [5.74, 6) is 0. The van der Waals surface area contributed by atoms with E-state index in [1.54, 1.807) is 0 Å². The molecule has 4 nitrogen and oxygen atoms in total. The molecule has 0 atom stereocenters. The molecule has 0 aliphatic carbocycles. The van der Waals surface area contributed by atoms with Crippen LogP contribution in [0.15, 0.2) is 0 Å². The number of thiocyanates is 4. The van der Waals surface area contributed by atoms with E-state index in [0.717, 1.165) is 0 Å². The van der Waals surface area contributed by atoms with E-state index in [2.05, 4.69) is 50.5 Å². The van der Waals surface area contributed by atoms with E-state index in [1.165, 1.54) is 21.6 Å². The summed E-state index contributed by atoms with van der Waals surface area (Å²) in [6.45, 7) is 0. The topological polar surface area (TPSA) is 95.2 Å². The first-order chi connectivity index (χ1) is 5.66. The van der Waals surface area contributed by atoms with Crippen LogP contribution in [0.5, 0.6) is 0 Å². The summed E-state index contributed by atoms with van der Waals surface area (Å²) >= 11 is 14.8. The Balaban J connectivity index is -0.00000000821. The molecule has 0 aromatic carbocycles. The van der Waals surface area contributed by atoms with Gasteiger partial charge < -0.3 is 50.5 Å². The second kappa shape index (κ2) is 93.0. The van der Waals surface area contributed by atoms with Crippen LogP contribution in [-0.2, 0) is 70.9 Å². The molecule has 0 heterocycles. The zero-order valence-electron chi connectivity index (χ0n) is 8.74. The van der Waals surface area contributed by atoms with Gasteiger partial charge in [0, 0.05) is 20.4 Å². The predicted octanol–water partition coefficient (Wildman–Crippen LogP) is -8.93. The van der Waals surface area contributed by atoms with Gasteiger partial charge in [0.05, 0.1) is 0 Å². The molecule has 74 valence electrons. The molecular weight excluding hydrogens is 456 g/mol. The van der Waals surface area contributed by atoms with Crippen LogP contribution >= 0.6 is 0 Å². The third kappa shape index (κ3) is 287. The van der Waals surface area contributed by atoms with E-state index < -0.39 is 0 Å². The number of hydrogen-bond donors (Lipinski definition) is 0. The number of nitrogens with zero attached hydrogens (tertiary/aromatic N) is 4. The predicted molar refractivity (Wildman–Crippen MR) is 51.9 cm³/mol. The number of nitriles is 4. The summed E-state index contributed by atoms with van der Waals surface area (Å²) < 4.78 is 0. The van der Waals surface area contributed by atoms with E-state index in [1.807, 2.05) is 0 Å². The van der Waals surface area contributed by atoms with Gasteiger partial charge in [0.1, 0.15) is 0 Å². The maximum absolute atomic E-state index is 7.13. The summed E-state index contributed by atoms with van der Waals surface area (Å²) in [5, 5.41) is 33.9. The Kier molecular flexibility index (Phi) is 290. The van der Waals surface area contributed by atoms with Crippen molar-refractivity contribution in [3.63, 3.8) is 0 Å². The average Bonchev–Trinajstić information content (AvgIpc) is 1.92. The monoisotopic (exact) mass is 455 g/mol. The third-order valence-electron chi connectivity index (χ3n) is 0. The molecule has 16 heavy (non-hydrogen) atoms. The molecule has 0 saturated carbocycles. The largest absolute Gasteiger partial charge is 1.00 e. The van der Waals surface area contributed by atoms with E-state index in [9.17, 15) is 0 Å². The van der Waals surface area contributed by atoms with Gasteiger partial charge in [-0.05, 0) is 0 Å². The van der Waals surface area contributed by atoms with Crippen molar-refractivity contribution in [3.8, 4) is 21.6 Å². The van der Waals surface area contributed by atoms with Crippen molar-refractivity contribution in [2.75, 3.05) is 0 Å². The molecule has 0 spiro atoms. The van der Waals surface area contributed by atoms with Crippen LogP contribution in [0.4, 0.5) is 0 Å². The van der Waals surface area contributed by atoms with Gasteiger partial charge >= 0.3 is 154 Å². The van der Waals surface area contributed by atoms with E-state index in [-0.39, 0.29) is 175 Å². The van der Waals surface area contributed by atoms with Crippen LogP contribution in [-0.4, -0.2) is 0 Å². The molecule has 0 aliphatic heterocycles. The molecular formula is C4K3N4PdS4-. The summed E-state index contributed by atoms with van der Waals surface area (Å²) in [6.07, 6.45) is 0. The molecule has 0 bridgehead atoms. The Labute approximate surface area is 260 Å². The van der Waals surface area contributed by atoms with Gasteiger partial charge in [-0.1, -0.05) is 21.6 Å². The van der Waals surface area contributed by atoms with Gasteiger partial charge in [-0.25, -0.2) is 21.0 Å². The quantitative estimate of drug-likeness (QED) is 0.202. The van der Waals surface area contributed by atoms with E-state index in [0.29, 0.717) is 0 Å². The SMILES string of the molecule is N#C[S-].N#C[S-].N#C[S-].N#C[S-].[K+].[K+].[K+].[Pd]. The van der Waals surface area contributed by atoms with Crippen LogP contribution in [0.25, 0.3) is 0 Å². The zero-order valence-corrected chi connectivity index (χ0v) is 22.9. The van der Waals surface area contributed by atoms with Gasteiger partial charge in [0.25, 0.3) is 0 Å². The fourth-order valence-electron chi connectivity index (χ4n) is 0. The van der Waals surface area contributed by atoms with Crippen molar-refractivity contribution in [2.45, 2.75) is 0 Å². The van der Waals surface area contributed by atoms with Crippen molar-refractivity contribution >= 4 is 50.5 Å². The van der Waals surface area contributed by atoms with Crippen LogP contribution < -0.4 is 154 Å². The minimum atomic E-state index is 0. The van der Waals surface area contributed by atoms with Gasteiger partial charge in [0.15, 0.2) is 0 Å². The molecule has 0 aromatic rings. The van der Waals surface area contributed by atoms with Crippen molar-refractivity contribution in [1.29, 1.82) is 21.0 Å². The van der Waals surface area contributed by atoms with E-state index in [4.69, 9.17) is 21.0 Å². The Morgan fingerprint density at radius 2 is 0.500 bits per heavy atom. The Morgan fingerprint density at radius 1 is 0.500 bits per heavy atom. The van der Waals surface area contributed by atoms with Gasteiger partial charge in [-0.2, -0.15) is 0 Å². The first kappa shape index (κ1) is 49.9. The summed E-state index contributed by atoms with van der Waals surface area (Å²) in [4.78, 5) is 0. The van der Waals surface area contributed by atoms with Crippen molar-refractivity contribution in [3.05, 3.63) is 0 Å². The molecule has 0 unspecified atom stereocenters. The van der Waals surface area contributed by atoms with Crippen LogP contribution in [0.3, 0.4) is 0 Å². The molecule has 0 aliphatic rings. The summed E-state index contributed by atoms with van der Waals surface area (Å²) in [6, 6.07) is 0. The summed E-state index contributed by atoms with van der Waals surface area (Å²) in [5.41, 5.74) is 0. The number of hydrogen-bond acceptors (Lipinski definition) is 8. The van der Waals surface area contributed by atoms with Crippen molar-refractivity contribution in [2.24, 2.45) is 0 Å². The Hall–Kier alpha value is 4.41. The van der Waals surface area contributed by atoms with Crippen LogP contribution in [0, 0.1) is 42.7 Å². The fourth-order valence-corrected chi connectivity index (χ4v) is 0. The average molecular weight is 456 g/mol. The first-order valence-corrected chi connectivity index (χ1v) is 3.34. The second-order valence-electron chi connectivity index (χ2n) is 0.365. The minimum Gasteiger partial charge on any atom is -0.696 e. The third-order valence-corrected chi connectivity index (χ3v) is 0. The van der Waals surface area contributed by atoms with Crippen LogP contribution in [0.1, 0.15) is 0 Å². The summed E-state index contributed by atoms with van der Waals surface area (Å²) in [7, 11) is 0. The van der Waals surface area contributed by atoms with E-state index >= 15 is 0 Å². The second-order valence-corrected chi connectivity index (χ2v) is 1.10. The molecule has 0 radical (unpaired) electrons. The fraction of sp³-hybridized carbons (Fsp3) is 0. The molecule has 0 fully saturated rings. The smallest absolute Gasteiger partial charge is 0.696 e. The molecule has 12 heteroatoms. The Morgan fingerprint density at radius 3 is 0.500 bits per heavy atom. The Bertz CT molecular complexity index is 169. The van der Waals surface area contributed by atoms with Crippen molar-refractivity contribution in [1.82, 2.24) is 0 Å². The zero-order chi connectivity index (χ0) is 10.8. The molecule has 0 aromatic heterocycles. The number of rotatable bonds is 0.